The number of carbonyl (C=O) groups is 2. The average molecular weight is 487 g/mol. The van der Waals surface area contributed by atoms with Gasteiger partial charge in [0.15, 0.2) is 0 Å². The fraction of sp³-hybridized carbons (Fsp3) is 0. The molecule has 0 saturated carbocycles. The third-order valence-electron chi connectivity index (χ3n) is 4.54. The second kappa shape index (κ2) is 11.5. The third-order valence-corrected chi connectivity index (χ3v) is 5.23. The van der Waals surface area contributed by atoms with Crippen molar-refractivity contribution in [1.29, 1.82) is 10.5 Å². The summed E-state index contributed by atoms with van der Waals surface area (Å²) in [6.45, 7) is 0. The SMILES string of the molecule is N#C/C(=C/c1ccccc1Cl)C(=O)Nc1ccc(NC(=O)/C(C#N)=C\c2ccccc2Cl)cc1. The minimum absolute atomic E-state index is 0.117. The van der Waals surface area contributed by atoms with Gasteiger partial charge in [0.1, 0.15) is 23.3 Å². The zero-order valence-electron chi connectivity index (χ0n) is 17.5. The van der Waals surface area contributed by atoms with Crippen LogP contribution in [0.25, 0.3) is 12.2 Å². The molecule has 34 heavy (non-hydrogen) atoms. The lowest BCUT2D eigenvalue weighted by Gasteiger charge is -2.08. The zero-order chi connectivity index (χ0) is 24.5. The van der Waals surface area contributed by atoms with Gasteiger partial charge in [-0.05, 0) is 59.7 Å². The molecule has 0 fully saturated rings. The van der Waals surface area contributed by atoms with Crippen LogP contribution in [-0.4, -0.2) is 11.8 Å². The normalized spacial score (nSPS) is 11.2. The van der Waals surface area contributed by atoms with Crippen molar-refractivity contribution in [2.24, 2.45) is 0 Å². The Bertz CT molecular complexity index is 1270. The molecule has 0 atom stereocenters. The Morgan fingerprint density at radius 1 is 0.647 bits per heavy atom. The highest BCUT2D eigenvalue weighted by Crippen LogP contribution is 2.21. The van der Waals surface area contributed by atoms with Crippen LogP contribution in [0.1, 0.15) is 11.1 Å². The Morgan fingerprint density at radius 2 is 1.00 bits per heavy atom. The fourth-order valence-corrected chi connectivity index (χ4v) is 3.21. The molecule has 0 aromatic heterocycles. The van der Waals surface area contributed by atoms with E-state index in [1.165, 1.54) is 12.2 Å². The van der Waals surface area contributed by atoms with Crippen LogP contribution >= 0.6 is 23.2 Å². The van der Waals surface area contributed by atoms with E-state index in [4.69, 9.17) is 23.2 Å². The van der Waals surface area contributed by atoms with E-state index < -0.39 is 11.8 Å². The summed E-state index contributed by atoms with van der Waals surface area (Å²) in [5.74, 6) is -1.21. The molecule has 166 valence electrons. The summed E-state index contributed by atoms with van der Waals surface area (Å²) < 4.78 is 0. The summed E-state index contributed by atoms with van der Waals surface area (Å²) in [6, 6.07) is 23.7. The molecule has 0 aliphatic heterocycles. The highest BCUT2D eigenvalue weighted by Gasteiger charge is 2.12. The molecule has 3 aromatic rings. The number of rotatable bonds is 6. The van der Waals surface area contributed by atoms with Gasteiger partial charge in [-0.1, -0.05) is 59.6 Å². The highest BCUT2D eigenvalue weighted by molar-refractivity contribution is 6.32. The molecule has 3 aromatic carbocycles. The number of halogens is 2. The first-order chi connectivity index (χ1) is 16.4. The lowest BCUT2D eigenvalue weighted by Crippen LogP contribution is -2.15. The standard InChI is InChI=1S/C26H16Cl2N4O2/c27-23-7-3-1-5-17(23)13-19(15-29)25(33)31-21-9-11-22(12-10-21)32-26(34)20(16-30)14-18-6-2-4-8-24(18)28/h1-14H,(H,31,33)(H,32,34)/b19-13-,20-14-. The molecule has 0 aliphatic carbocycles. The number of nitrogens with one attached hydrogen (secondary N) is 2. The molecule has 2 N–H and O–H groups in total. The van der Waals surface area contributed by atoms with E-state index in [0.717, 1.165) is 0 Å². The maximum absolute atomic E-state index is 12.5. The minimum atomic E-state index is -0.603. The van der Waals surface area contributed by atoms with Gasteiger partial charge in [0.2, 0.25) is 0 Å². The lowest BCUT2D eigenvalue weighted by molar-refractivity contribution is -0.113. The molecule has 6 nitrogen and oxygen atoms in total. The molecular formula is C26H16Cl2N4O2. The summed E-state index contributed by atoms with van der Waals surface area (Å²) in [5, 5.41) is 24.8. The number of hydrogen-bond donors (Lipinski definition) is 2. The van der Waals surface area contributed by atoms with Crippen molar-refractivity contribution >= 4 is 58.5 Å². The van der Waals surface area contributed by atoms with E-state index in [1.54, 1.807) is 72.8 Å². The van der Waals surface area contributed by atoms with Crippen LogP contribution in [0.15, 0.2) is 83.9 Å². The van der Waals surface area contributed by atoms with Crippen molar-refractivity contribution in [3.05, 3.63) is 105 Å². The van der Waals surface area contributed by atoms with E-state index in [-0.39, 0.29) is 11.1 Å². The molecule has 3 rings (SSSR count). The van der Waals surface area contributed by atoms with Crippen molar-refractivity contribution < 1.29 is 9.59 Å². The third kappa shape index (κ3) is 6.34. The van der Waals surface area contributed by atoms with Crippen LogP contribution in [0, 0.1) is 22.7 Å². The number of benzene rings is 3. The van der Waals surface area contributed by atoms with E-state index in [1.807, 2.05) is 12.1 Å². The van der Waals surface area contributed by atoms with Crippen LogP contribution in [0.2, 0.25) is 10.0 Å². The summed E-state index contributed by atoms with van der Waals surface area (Å²) in [4.78, 5) is 25.0. The smallest absolute Gasteiger partial charge is 0.266 e. The first kappa shape index (κ1) is 24.3. The van der Waals surface area contributed by atoms with E-state index in [2.05, 4.69) is 10.6 Å². The molecule has 0 spiro atoms. The van der Waals surface area contributed by atoms with Gasteiger partial charge >= 0.3 is 0 Å². The predicted molar refractivity (Wildman–Crippen MR) is 134 cm³/mol. The van der Waals surface area contributed by atoms with Crippen LogP contribution in [-0.2, 0) is 9.59 Å². The maximum Gasteiger partial charge on any atom is 0.266 e. The van der Waals surface area contributed by atoms with Crippen molar-refractivity contribution in [2.75, 3.05) is 10.6 Å². The summed E-state index contributed by atoms with van der Waals surface area (Å²) >= 11 is 12.2. The number of hydrogen-bond acceptors (Lipinski definition) is 4. The largest absolute Gasteiger partial charge is 0.321 e. The van der Waals surface area contributed by atoms with Gasteiger partial charge in [0, 0.05) is 21.4 Å². The van der Waals surface area contributed by atoms with Crippen LogP contribution < -0.4 is 10.6 Å². The van der Waals surface area contributed by atoms with Crippen molar-refractivity contribution in [3.8, 4) is 12.1 Å². The fourth-order valence-electron chi connectivity index (χ4n) is 2.83. The number of nitriles is 2. The Kier molecular flexibility index (Phi) is 8.21. The molecular weight excluding hydrogens is 471 g/mol. The molecule has 8 heteroatoms. The Labute approximate surface area is 206 Å². The molecule has 0 heterocycles. The van der Waals surface area contributed by atoms with E-state index in [0.29, 0.717) is 32.5 Å². The second-order valence-corrected chi connectivity index (χ2v) is 7.68. The van der Waals surface area contributed by atoms with Gasteiger partial charge < -0.3 is 10.6 Å². The lowest BCUT2D eigenvalue weighted by atomic mass is 10.1. The summed E-state index contributed by atoms with van der Waals surface area (Å²) in [5.41, 5.74) is 1.69. The summed E-state index contributed by atoms with van der Waals surface area (Å²) in [6.07, 6.45) is 2.81. The van der Waals surface area contributed by atoms with Crippen molar-refractivity contribution in [1.82, 2.24) is 0 Å². The van der Waals surface area contributed by atoms with Gasteiger partial charge in [-0.15, -0.1) is 0 Å². The molecule has 0 aliphatic rings. The van der Waals surface area contributed by atoms with Gasteiger partial charge in [-0.2, -0.15) is 10.5 Å². The Morgan fingerprint density at radius 3 is 1.32 bits per heavy atom. The predicted octanol–water partition coefficient (Wildman–Crippen LogP) is 6.08. The van der Waals surface area contributed by atoms with Crippen LogP contribution in [0.3, 0.4) is 0 Å². The second-order valence-electron chi connectivity index (χ2n) is 6.87. The monoisotopic (exact) mass is 486 g/mol. The van der Waals surface area contributed by atoms with Crippen LogP contribution in [0.5, 0.6) is 0 Å². The summed E-state index contributed by atoms with van der Waals surface area (Å²) in [7, 11) is 0. The quantitative estimate of drug-likeness (QED) is 0.324. The average Bonchev–Trinajstić information content (AvgIpc) is 2.84. The highest BCUT2D eigenvalue weighted by atomic mass is 35.5. The number of anilines is 2. The molecule has 2 amide bonds. The Hall–Kier alpha value is -4.36. The molecule has 0 radical (unpaired) electrons. The first-order valence-corrected chi connectivity index (χ1v) is 10.6. The minimum Gasteiger partial charge on any atom is -0.321 e. The molecule has 0 bridgehead atoms. The number of carbonyl (C=O) groups excluding carboxylic acids is 2. The van der Waals surface area contributed by atoms with Crippen LogP contribution in [0.4, 0.5) is 11.4 Å². The first-order valence-electron chi connectivity index (χ1n) is 9.86. The van der Waals surface area contributed by atoms with E-state index >= 15 is 0 Å². The van der Waals surface area contributed by atoms with Gasteiger partial charge in [-0.3, -0.25) is 9.59 Å². The van der Waals surface area contributed by atoms with E-state index in [9.17, 15) is 20.1 Å². The number of nitrogens with zero attached hydrogens (tertiary/aromatic N) is 2. The van der Waals surface area contributed by atoms with Crippen molar-refractivity contribution in [3.63, 3.8) is 0 Å². The molecule has 0 saturated heterocycles. The van der Waals surface area contributed by atoms with Gasteiger partial charge in [-0.25, -0.2) is 0 Å². The Balaban J connectivity index is 1.69. The topological polar surface area (TPSA) is 106 Å². The molecule has 0 unspecified atom stereocenters. The van der Waals surface area contributed by atoms with Gasteiger partial charge in [0.05, 0.1) is 0 Å². The zero-order valence-corrected chi connectivity index (χ0v) is 19.1. The number of amides is 2. The van der Waals surface area contributed by atoms with Gasteiger partial charge in [0.25, 0.3) is 11.8 Å². The van der Waals surface area contributed by atoms with Crippen molar-refractivity contribution in [2.45, 2.75) is 0 Å². The maximum atomic E-state index is 12.5.